The maximum Gasteiger partial charge on any atom is 0.262 e. The van der Waals surface area contributed by atoms with E-state index in [0.717, 1.165) is 10.9 Å². The van der Waals surface area contributed by atoms with Crippen molar-refractivity contribution in [2.75, 3.05) is 24.4 Å². The van der Waals surface area contributed by atoms with Crippen molar-refractivity contribution in [3.63, 3.8) is 0 Å². The molecular weight excluding hydrogens is 406 g/mol. The van der Waals surface area contributed by atoms with Crippen LogP contribution < -0.4 is 20.1 Å². The average Bonchev–Trinajstić information content (AvgIpc) is 2.83. The summed E-state index contributed by atoms with van der Waals surface area (Å²) in [5.74, 6) is 1.02. The van der Waals surface area contributed by atoms with E-state index < -0.39 is 0 Å². The Morgan fingerprint density at radius 2 is 1.66 bits per heavy atom. The van der Waals surface area contributed by atoms with Crippen LogP contribution in [0.4, 0.5) is 11.5 Å². The van der Waals surface area contributed by atoms with Crippen LogP contribution in [0.2, 0.25) is 0 Å². The average molecular weight is 427 g/mol. The van der Waals surface area contributed by atoms with E-state index in [1.165, 1.54) is 0 Å². The molecule has 0 fully saturated rings. The Labute approximate surface area is 185 Å². The lowest BCUT2D eigenvalue weighted by Gasteiger charge is -2.09. The molecule has 0 saturated carbocycles. The van der Waals surface area contributed by atoms with E-state index >= 15 is 0 Å². The van der Waals surface area contributed by atoms with E-state index in [1.807, 2.05) is 30.3 Å². The van der Waals surface area contributed by atoms with Gasteiger partial charge in [0.25, 0.3) is 11.8 Å². The lowest BCUT2D eigenvalue weighted by Crippen LogP contribution is -2.20. The lowest BCUT2D eigenvalue weighted by molar-refractivity contribution is -0.118. The lowest BCUT2D eigenvalue weighted by atomic mass is 10.2. The Bertz CT molecular complexity index is 1260. The van der Waals surface area contributed by atoms with Crippen LogP contribution in [0.1, 0.15) is 10.4 Å². The summed E-state index contributed by atoms with van der Waals surface area (Å²) >= 11 is 0. The molecular formula is C25H21N3O4. The zero-order valence-corrected chi connectivity index (χ0v) is 17.4. The molecule has 0 atom stereocenters. The molecule has 0 unspecified atom stereocenters. The van der Waals surface area contributed by atoms with E-state index in [2.05, 4.69) is 15.6 Å². The van der Waals surface area contributed by atoms with Crippen molar-refractivity contribution in [2.24, 2.45) is 0 Å². The van der Waals surface area contributed by atoms with E-state index in [0.29, 0.717) is 28.6 Å². The number of rotatable bonds is 7. The fourth-order valence-electron chi connectivity index (χ4n) is 3.07. The second-order valence-electron chi connectivity index (χ2n) is 6.94. The summed E-state index contributed by atoms with van der Waals surface area (Å²) < 4.78 is 10.6. The molecule has 0 aliphatic carbocycles. The summed E-state index contributed by atoms with van der Waals surface area (Å²) in [4.78, 5) is 29.1. The van der Waals surface area contributed by atoms with Crippen LogP contribution in [0.3, 0.4) is 0 Å². The molecule has 1 heterocycles. The summed E-state index contributed by atoms with van der Waals surface area (Å²) in [6.45, 7) is -0.163. The molecule has 0 bridgehead atoms. The van der Waals surface area contributed by atoms with Gasteiger partial charge in [0.15, 0.2) is 6.61 Å². The molecule has 3 aromatic carbocycles. The molecule has 0 radical (unpaired) electrons. The number of para-hydroxylation sites is 1. The van der Waals surface area contributed by atoms with Crippen LogP contribution in [-0.2, 0) is 4.79 Å². The van der Waals surface area contributed by atoms with Crippen LogP contribution >= 0.6 is 0 Å². The highest BCUT2D eigenvalue weighted by atomic mass is 16.5. The van der Waals surface area contributed by atoms with Gasteiger partial charge in [-0.2, -0.15) is 0 Å². The highest BCUT2D eigenvalue weighted by molar-refractivity contribution is 6.04. The van der Waals surface area contributed by atoms with Crippen LogP contribution in [-0.4, -0.2) is 30.5 Å². The van der Waals surface area contributed by atoms with Crippen molar-refractivity contribution in [1.82, 2.24) is 4.98 Å². The van der Waals surface area contributed by atoms with E-state index in [4.69, 9.17) is 9.47 Å². The molecule has 7 nitrogen and oxygen atoms in total. The zero-order chi connectivity index (χ0) is 22.3. The Balaban J connectivity index is 1.31. The molecule has 0 spiro atoms. The standard InChI is InChI=1S/C25H21N3O4/c1-31-21-7-4-6-19(15-21)26-24(29)16-32-20-12-9-18(10-13-20)25(30)28-23-14-11-17-5-2-3-8-22(17)27-23/h2-15H,16H2,1H3,(H,26,29)(H,27,28,30). The third-order valence-corrected chi connectivity index (χ3v) is 4.68. The predicted octanol–water partition coefficient (Wildman–Crippen LogP) is 4.51. The van der Waals surface area contributed by atoms with Gasteiger partial charge in [-0.15, -0.1) is 0 Å². The smallest absolute Gasteiger partial charge is 0.262 e. The number of nitrogens with zero attached hydrogens (tertiary/aromatic N) is 1. The minimum absolute atomic E-state index is 0.163. The number of pyridine rings is 1. The van der Waals surface area contributed by atoms with Gasteiger partial charge in [-0.3, -0.25) is 9.59 Å². The van der Waals surface area contributed by atoms with Gasteiger partial charge in [0.2, 0.25) is 0 Å². The van der Waals surface area contributed by atoms with Crippen molar-refractivity contribution >= 4 is 34.2 Å². The topological polar surface area (TPSA) is 89.5 Å². The maximum atomic E-state index is 12.5. The van der Waals surface area contributed by atoms with E-state index in [9.17, 15) is 9.59 Å². The first-order valence-electron chi connectivity index (χ1n) is 9.94. The van der Waals surface area contributed by atoms with Crippen molar-refractivity contribution < 1.29 is 19.1 Å². The van der Waals surface area contributed by atoms with Gasteiger partial charge in [-0.05, 0) is 54.6 Å². The number of ether oxygens (including phenoxy) is 2. The first-order chi connectivity index (χ1) is 15.6. The number of anilines is 2. The molecule has 0 aliphatic rings. The fraction of sp³-hybridized carbons (Fsp3) is 0.0800. The Morgan fingerprint density at radius 3 is 2.47 bits per heavy atom. The van der Waals surface area contributed by atoms with Crippen molar-refractivity contribution in [3.05, 3.63) is 90.5 Å². The highest BCUT2D eigenvalue weighted by Crippen LogP contribution is 2.18. The molecule has 2 N–H and O–H groups in total. The normalized spacial score (nSPS) is 10.4. The molecule has 7 heteroatoms. The summed E-state index contributed by atoms with van der Waals surface area (Å²) in [7, 11) is 1.56. The second-order valence-corrected chi connectivity index (χ2v) is 6.94. The number of nitrogens with one attached hydrogen (secondary N) is 2. The number of aromatic nitrogens is 1. The number of benzene rings is 3. The number of carbonyl (C=O) groups excluding carboxylic acids is 2. The van der Waals surface area contributed by atoms with Gasteiger partial charge in [0, 0.05) is 22.7 Å². The predicted molar refractivity (Wildman–Crippen MR) is 123 cm³/mol. The van der Waals surface area contributed by atoms with Gasteiger partial charge in [-0.25, -0.2) is 4.98 Å². The third kappa shape index (κ3) is 5.20. The quantitative estimate of drug-likeness (QED) is 0.453. The largest absolute Gasteiger partial charge is 0.497 e. The third-order valence-electron chi connectivity index (χ3n) is 4.68. The summed E-state index contributed by atoms with van der Waals surface area (Å²) in [6, 6.07) is 25.0. The van der Waals surface area contributed by atoms with Crippen LogP contribution in [0.25, 0.3) is 10.9 Å². The van der Waals surface area contributed by atoms with Gasteiger partial charge in [0.05, 0.1) is 12.6 Å². The maximum absolute atomic E-state index is 12.5. The number of hydrogen-bond donors (Lipinski definition) is 2. The van der Waals surface area contributed by atoms with Gasteiger partial charge in [-0.1, -0.05) is 24.3 Å². The Kier molecular flexibility index (Phi) is 6.27. The van der Waals surface area contributed by atoms with Gasteiger partial charge in [0.1, 0.15) is 17.3 Å². The van der Waals surface area contributed by atoms with E-state index in [-0.39, 0.29) is 18.4 Å². The first-order valence-corrected chi connectivity index (χ1v) is 9.94. The highest BCUT2D eigenvalue weighted by Gasteiger charge is 2.09. The number of methoxy groups -OCH3 is 1. The molecule has 0 aliphatic heterocycles. The van der Waals surface area contributed by atoms with Gasteiger partial charge < -0.3 is 20.1 Å². The zero-order valence-electron chi connectivity index (χ0n) is 17.4. The van der Waals surface area contributed by atoms with Crippen molar-refractivity contribution in [3.8, 4) is 11.5 Å². The second kappa shape index (κ2) is 9.61. The summed E-state index contributed by atoms with van der Waals surface area (Å²) in [5.41, 5.74) is 1.88. The summed E-state index contributed by atoms with van der Waals surface area (Å²) in [5, 5.41) is 6.54. The number of hydrogen-bond acceptors (Lipinski definition) is 5. The molecule has 1 aromatic heterocycles. The van der Waals surface area contributed by atoms with Crippen molar-refractivity contribution in [2.45, 2.75) is 0 Å². The van der Waals surface area contributed by atoms with Gasteiger partial charge >= 0.3 is 0 Å². The summed E-state index contributed by atoms with van der Waals surface area (Å²) in [6.07, 6.45) is 0. The van der Waals surface area contributed by atoms with E-state index in [1.54, 1.807) is 61.7 Å². The number of amides is 2. The number of fused-ring (bicyclic) bond motifs is 1. The van der Waals surface area contributed by atoms with Crippen LogP contribution in [0.15, 0.2) is 84.9 Å². The van der Waals surface area contributed by atoms with Crippen molar-refractivity contribution in [1.29, 1.82) is 0 Å². The number of carbonyl (C=O) groups is 2. The SMILES string of the molecule is COc1cccc(NC(=O)COc2ccc(C(=O)Nc3ccc4ccccc4n3)cc2)c1. The molecule has 0 saturated heterocycles. The molecule has 160 valence electrons. The Morgan fingerprint density at radius 1 is 0.844 bits per heavy atom. The molecule has 2 amide bonds. The molecule has 4 rings (SSSR count). The minimum Gasteiger partial charge on any atom is -0.497 e. The monoisotopic (exact) mass is 427 g/mol. The fourth-order valence-corrected chi connectivity index (χ4v) is 3.07. The molecule has 4 aromatic rings. The van der Waals surface area contributed by atoms with Crippen LogP contribution in [0, 0.1) is 0 Å². The molecule has 32 heavy (non-hydrogen) atoms. The first kappa shape index (κ1) is 20.9. The Hall–Kier alpha value is -4.39. The minimum atomic E-state index is -0.303. The van der Waals surface area contributed by atoms with Crippen LogP contribution in [0.5, 0.6) is 11.5 Å².